The first kappa shape index (κ1) is 13.6. The van der Waals surface area contributed by atoms with E-state index in [1.165, 1.54) is 22.8 Å². The van der Waals surface area contributed by atoms with Crippen molar-refractivity contribution in [3.8, 4) is 0 Å². The van der Waals surface area contributed by atoms with Gasteiger partial charge in [0.15, 0.2) is 0 Å². The van der Waals surface area contributed by atoms with Crippen molar-refractivity contribution in [3.05, 3.63) is 67.3 Å². The van der Waals surface area contributed by atoms with Crippen molar-refractivity contribution in [1.82, 2.24) is 0 Å². The van der Waals surface area contributed by atoms with Crippen LogP contribution in [0.4, 0.5) is 0 Å². The summed E-state index contributed by atoms with van der Waals surface area (Å²) in [5.74, 6) is 0. The van der Waals surface area contributed by atoms with Crippen LogP contribution in [0.15, 0.2) is 54.6 Å². The Labute approximate surface area is 118 Å². The molecule has 0 nitrogen and oxygen atoms in total. The summed E-state index contributed by atoms with van der Waals surface area (Å²) >= 11 is -1.19. The summed E-state index contributed by atoms with van der Waals surface area (Å²) in [6, 6.07) is 20.3. The minimum absolute atomic E-state index is 1.19. The van der Waals surface area contributed by atoms with Crippen molar-refractivity contribution < 1.29 is 0 Å². The summed E-state index contributed by atoms with van der Waals surface area (Å²) < 4.78 is 4.59. The van der Waals surface area contributed by atoms with Crippen molar-refractivity contribution in [3.63, 3.8) is 0 Å². The molecule has 0 aromatic heterocycles. The minimum atomic E-state index is -1.19. The molecule has 0 amide bonds. The summed E-state index contributed by atoms with van der Waals surface area (Å²) in [7, 11) is 0. The van der Waals surface area contributed by atoms with Gasteiger partial charge in [0.2, 0.25) is 0 Å². The van der Waals surface area contributed by atoms with E-state index in [0.29, 0.717) is 0 Å². The molecule has 0 atom stereocenters. The average Bonchev–Trinajstić information content (AvgIpc) is 2.42. The van der Waals surface area contributed by atoms with Crippen LogP contribution in [0, 0.1) is 14.1 Å². The van der Waals surface area contributed by atoms with E-state index in [1.807, 2.05) is 0 Å². The van der Waals surface area contributed by atoms with Gasteiger partial charge >= 0.3 is 118 Å². The van der Waals surface area contributed by atoms with E-state index in [9.17, 15) is 0 Å². The third kappa shape index (κ3) is 3.58. The zero-order valence-electron chi connectivity index (χ0n) is 11.2. The van der Waals surface area contributed by atoms with Crippen molar-refractivity contribution in [2.45, 2.75) is 26.7 Å². The van der Waals surface area contributed by atoms with E-state index < -0.39 is 19.8 Å². The molecule has 0 aliphatic rings. The van der Waals surface area contributed by atoms with Crippen LogP contribution in [0.5, 0.6) is 0 Å². The number of hydrogen-bond acceptors (Lipinski definition) is 0. The molecule has 0 aliphatic carbocycles. The molecule has 2 aromatic rings. The van der Waals surface area contributed by atoms with Gasteiger partial charge in [-0.1, -0.05) is 0 Å². The summed E-state index contributed by atoms with van der Waals surface area (Å²) in [5, 5.41) is 0. The van der Waals surface area contributed by atoms with Gasteiger partial charge in [-0.25, -0.2) is 0 Å². The number of unbranched alkanes of at least 4 members (excludes halogenated alkanes) is 1. The van der Waals surface area contributed by atoms with Crippen LogP contribution in [-0.4, -0.2) is 4.43 Å². The van der Waals surface area contributed by atoms with Crippen LogP contribution in [0.3, 0.4) is 0 Å². The molecule has 0 fully saturated rings. The van der Waals surface area contributed by atoms with Crippen molar-refractivity contribution in [1.29, 1.82) is 0 Å². The monoisotopic (exact) mass is 352 g/mol. The van der Waals surface area contributed by atoms with Crippen LogP contribution in [0.25, 0.3) is 0 Å². The van der Waals surface area contributed by atoms with E-state index in [4.69, 9.17) is 0 Å². The van der Waals surface area contributed by atoms with Crippen LogP contribution < -0.4 is 0 Å². The molecule has 96 valence electrons. The second-order valence-electron chi connectivity index (χ2n) is 4.50. The Morgan fingerprint density at radius 1 is 0.833 bits per heavy atom. The second kappa shape index (κ2) is 6.93. The van der Waals surface area contributed by atoms with Gasteiger partial charge in [0.25, 0.3) is 0 Å². The van der Waals surface area contributed by atoms with Crippen molar-refractivity contribution in [2.24, 2.45) is 0 Å². The Morgan fingerprint density at radius 3 is 2.06 bits per heavy atom. The standard InChI is InChI=1S/C17H21I/c1-3-4-14-18(16-8-6-5-7-9-16)17-12-10-15(2)11-13-17/h5-13H,3-4,14H2,1-2H3. The molecule has 0 bridgehead atoms. The zero-order valence-corrected chi connectivity index (χ0v) is 13.4. The number of alkyl halides is 1. The van der Waals surface area contributed by atoms with Crippen LogP contribution in [0.2, 0.25) is 0 Å². The fourth-order valence-electron chi connectivity index (χ4n) is 1.86. The van der Waals surface area contributed by atoms with Gasteiger partial charge < -0.3 is 0 Å². The van der Waals surface area contributed by atoms with Gasteiger partial charge in [-0.3, -0.25) is 0 Å². The predicted molar refractivity (Wildman–Crippen MR) is 88.8 cm³/mol. The summed E-state index contributed by atoms with van der Waals surface area (Å²) in [4.78, 5) is 0. The van der Waals surface area contributed by atoms with E-state index >= 15 is 0 Å². The van der Waals surface area contributed by atoms with Crippen molar-refractivity contribution >= 4 is 19.8 Å². The number of halogens is 1. The Morgan fingerprint density at radius 2 is 1.44 bits per heavy atom. The fourth-order valence-corrected chi connectivity index (χ4v) is 7.86. The zero-order chi connectivity index (χ0) is 12.8. The molecule has 2 rings (SSSR count). The topological polar surface area (TPSA) is 0 Å². The second-order valence-corrected chi connectivity index (χ2v) is 10.1. The maximum absolute atomic E-state index is 2.35. The summed E-state index contributed by atoms with van der Waals surface area (Å²) in [6.45, 7) is 4.45. The van der Waals surface area contributed by atoms with Gasteiger partial charge in [0.1, 0.15) is 0 Å². The molecule has 18 heavy (non-hydrogen) atoms. The summed E-state index contributed by atoms with van der Waals surface area (Å²) in [6.07, 6.45) is 2.65. The van der Waals surface area contributed by atoms with Gasteiger partial charge in [-0.05, 0) is 0 Å². The molecular formula is C17H21I. The number of hydrogen-bond donors (Lipinski definition) is 0. The Hall–Kier alpha value is -0.830. The molecule has 2 aromatic carbocycles. The van der Waals surface area contributed by atoms with E-state index in [-0.39, 0.29) is 0 Å². The molecule has 0 saturated carbocycles. The molecule has 0 N–H and O–H groups in total. The maximum atomic E-state index is 2.35. The molecule has 0 spiro atoms. The van der Waals surface area contributed by atoms with Gasteiger partial charge in [-0.15, -0.1) is 0 Å². The van der Waals surface area contributed by atoms with Crippen LogP contribution in [0.1, 0.15) is 25.3 Å². The van der Waals surface area contributed by atoms with Crippen LogP contribution >= 0.6 is 19.8 Å². The Bertz CT molecular complexity index is 459. The molecule has 0 unspecified atom stereocenters. The van der Waals surface area contributed by atoms with E-state index in [2.05, 4.69) is 68.4 Å². The predicted octanol–water partition coefficient (Wildman–Crippen LogP) is 5.34. The molecule has 0 aliphatic heterocycles. The third-order valence-corrected chi connectivity index (χ3v) is 9.23. The SMILES string of the molecule is CCCCI(c1ccccc1)c1ccc(C)cc1. The third-order valence-electron chi connectivity index (χ3n) is 2.95. The molecule has 0 saturated heterocycles. The van der Waals surface area contributed by atoms with E-state index in [1.54, 1.807) is 7.14 Å². The molecular weight excluding hydrogens is 331 g/mol. The number of aryl methyl sites for hydroxylation is 1. The van der Waals surface area contributed by atoms with Crippen LogP contribution in [-0.2, 0) is 0 Å². The van der Waals surface area contributed by atoms with E-state index in [0.717, 1.165) is 0 Å². The number of rotatable bonds is 5. The normalized spacial score (nSPS) is 11.3. The van der Waals surface area contributed by atoms with Gasteiger partial charge in [0, 0.05) is 0 Å². The molecule has 1 heteroatoms. The first-order valence-corrected chi connectivity index (χ1v) is 10.3. The number of benzene rings is 2. The van der Waals surface area contributed by atoms with Gasteiger partial charge in [-0.2, -0.15) is 0 Å². The first-order chi connectivity index (χ1) is 8.81. The Balaban J connectivity index is 2.27. The summed E-state index contributed by atoms with van der Waals surface area (Å²) in [5.41, 5.74) is 1.36. The molecule has 0 heterocycles. The fraction of sp³-hybridized carbons (Fsp3) is 0.294. The quantitative estimate of drug-likeness (QED) is 0.503. The van der Waals surface area contributed by atoms with Gasteiger partial charge in [0.05, 0.1) is 0 Å². The molecule has 0 radical (unpaired) electrons. The van der Waals surface area contributed by atoms with Crippen molar-refractivity contribution in [2.75, 3.05) is 4.43 Å². The average molecular weight is 352 g/mol. The first-order valence-electron chi connectivity index (χ1n) is 6.58. The Kier molecular flexibility index (Phi) is 5.24.